The summed E-state index contributed by atoms with van der Waals surface area (Å²) in [6.45, 7) is 0. The van der Waals surface area contributed by atoms with Crippen molar-refractivity contribution in [2.45, 2.75) is 19.6 Å². The molecule has 56 heavy (non-hydrogen) atoms. The van der Waals surface area contributed by atoms with Crippen LogP contribution in [0.25, 0.3) is 33.7 Å². The lowest BCUT2D eigenvalue weighted by atomic mass is 10.1. The lowest BCUT2D eigenvalue weighted by molar-refractivity contribution is 0.480. The van der Waals surface area contributed by atoms with Gasteiger partial charge < -0.3 is 11.5 Å². The van der Waals surface area contributed by atoms with Crippen molar-refractivity contribution in [2.75, 3.05) is 11.5 Å². The Bertz CT molecular complexity index is 2960. The van der Waals surface area contributed by atoms with Gasteiger partial charge in [-0.25, -0.2) is 0 Å². The fourth-order valence-corrected chi connectivity index (χ4v) is 7.88. The molecule has 0 spiro atoms. The lowest BCUT2D eigenvalue weighted by Crippen LogP contribution is -2.01. The van der Waals surface area contributed by atoms with Crippen LogP contribution < -0.4 is 11.5 Å². The molecule has 0 aliphatic rings. The second kappa shape index (κ2) is 14.6. The predicted molar refractivity (Wildman–Crippen MR) is 206 cm³/mol. The van der Waals surface area contributed by atoms with Gasteiger partial charge in [-0.2, -0.15) is 43.9 Å². The van der Waals surface area contributed by atoms with Gasteiger partial charge in [-0.05, 0) is 83.9 Å². The normalized spacial score (nSPS) is 13.1. The highest BCUT2D eigenvalue weighted by Crippen LogP contribution is 2.36. The smallest absolute Gasteiger partial charge is 0.295 e. The summed E-state index contributed by atoms with van der Waals surface area (Å²) >= 11 is 0. The van der Waals surface area contributed by atoms with E-state index >= 15 is 0 Å². The molecule has 0 aliphatic heterocycles. The summed E-state index contributed by atoms with van der Waals surface area (Å²) in [5.41, 5.74) is 12.3. The molecule has 0 radical (unpaired) electrons. The molecule has 0 aromatic heterocycles. The van der Waals surface area contributed by atoms with E-state index in [0.29, 0.717) is 10.8 Å². The summed E-state index contributed by atoms with van der Waals surface area (Å²) in [6.07, 6.45) is 2.29. The van der Waals surface area contributed by atoms with Gasteiger partial charge >= 0.3 is 0 Å². The van der Waals surface area contributed by atoms with Crippen LogP contribution in [0.3, 0.4) is 0 Å². The zero-order valence-electron chi connectivity index (χ0n) is 28.0. The Morgan fingerprint density at radius 1 is 0.411 bits per heavy atom. The molecule has 6 rings (SSSR count). The monoisotopic (exact) mass is 838 g/mol. The van der Waals surface area contributed by atoms with E-state index in [1.165, 1.54) is 60.7 Å². The number of fused-ring (bicyclic) bond motifs is 2. The number of nitrogens with zero attached hydrogens (tertiary/aromatic N) is 4. The average molecular weight is 839 g/mol. The second-order valence-corrected chi connectivity index (χ2v) is 17.5. The van der Waals surface area contributed by atoms with Crippen LogP contribution in [0.1, 0.15) is 11.1 Å². The van der Waals surface area contributed by atoms with Crippen molar-refractivity contribution < 1.29 is 51.9 Å². The van der Waals surface area contributed by atoms with E-state index in [2.05, 4.69) is 20.5 Å². The summed E-state index contributed by atoms with van der Waals surface area (Å²) in [6, 6.07) is 20.1. The zero-order valence-corrected chi connectivity index (χ0v) is 31.3. The maximum absolute atomic E-state index is 12.4. The van der Waals surface area contributed by atoms with Gasteiger partial charge in [0.2, 0.25) is 0 Å². The maximum atomic E-state index is 12.4. The van der Waals surface area contributed by atoms with Gasteiger partial charge in [0.15, 0.2) is 0 Å². The van der Waals surface area contributed by atoms with Gasteiger partial charge in [0, 0.05) is 32.9 Å². The Kier molecular flexibility index (Phi) is 10.3. The van der Waals surface area contributed by atoms with Crippen molar-refractivity contribution in [1.29, 1.82) is 0 Å². The first-order chi connectivity index (χ1) is 26.1. The number of hydrogen-bond acceptors (Lipinski definition) is 14. The van der Waals surface area contributed by atoms with Gasteiger partial charge in [-0.3, -0.25) is 18.2 Å². The molecule has 288 valence electrons. The first-order valence-corrected chi connectivity index (χ1v) is 21.2. The van der Waals surface area contributed by atoms with Gasteiger partial charge in [-0.15, -0.1) is 10.2 Å². The Hall–Kier alpha value is -5.98. The lowest BCUT2D eigenvalue weighted by Gasteiger charge is -2.08. The van der Waals surface area contributed by atoms with Crippen molar-refractivity contribution >= 4 is 108 Å². The number of rotatable bonds is 10. The van der Waals surface area contributed by atoms with E-state index in [9.17, 15) is 51.9 Å². The molecule has 0 amide bonds. The highest BCUT2D eigenvalue weighted by atomic mass is 32.2. The molecule has 0 heterocycles. The van der Waals surface area contributed by atoms with E-state index in [4.69, 9.17) is 11.5 Å². The fourth-order valence-electron chi connectivity index (χ4n) is 5.46. The quantitative estimate of drug-likeness (QED) is 0.0345. The summed E-state index contributed by atoms with van der Waals surface area (Å²) < 4.78 is 135. The molecule has 0 bridgehead atoms. The Balaban J connectivity index is 1.34. The molecule has 0 aliphatic carbocycles. The van der Waals surface area contributed by atoms with Crippen LogP contribution in [0.4, 0.5) is 34.1 Å². The molecule has 18 nitrogen and oxygen atoms in total. The van der Waals surface area contributed by atoms with Crippen LogP contribution in [0.2, 0.25) is 0 Å². The van der Waals surface area contributed by atoms with Gasteiger partial charge in [0.25, 0.3) is 40.5 Å². The number of benzene rings is 6. The molecule has 0 atom stereocenters. The molecule has 6 aromatic rings. The van der Waals surface area contributed by atoms with Crippen molar-refractivity contribution in [3.8, 4) is 0 Å². The van der Waals surface area contributed by atoms with Crippen molar-refractivity contribution in [3.05, 3.63) is 108 Å². The van der Waals surface area contributed by atoms with E-state index in [-0.39, 0.29) is 56.0 Å². The molecule has 0 fully saturated rings. The highest BCUT2D eigenvalue weighted by Gasteiger charge is 2.19. The Morgan fingerprint density at radius 3 is 1.12 bits per heavy atom. The maximum Gasteiger partial charge on any atom is 0.295 e. The summed E-state index contributed by atoms with van der Waals surface area (Å²) in [4.78, 5) is -2.18. The third kappa shape index (κ3) is 8.61. The van der Waals surface area contributed by atoms with Crippen LogP contribution in [-0.2, 0) is 40.5 Å². The second-order valence-electron chi connectivity index (χ2n) is 11.8. The molecule has 8 N–H and O–H groups in total. The van der Waals surface area contributed by atoms with Crippen LogP contribution in [-0.4, -0.2) is 51.9 Å². The number of hydrogen-bond donors (Lipinski definition) is 6. The van der Waals surface area contributed by atoms with Crippen molar-refractivity contribution in [2.24, 2.45) is 20.5 Å². The number of anilines is 2. The van der Waals surface area contributed by atoms with Crippen molar-refractivity contribution in [1.82, 2.24) is 0 Å². The summed E-state index contributed by atoms with van der Waals surface area (Å²) in [5.74, 6) is 0. The van der Waals surface area contributed by atoms with E-state index in [0.717, 1.165) is 48.6 Å². The average Bonchev–Trinajstić information content (AvgIpc) is 3.12. The summed E-state index contributed by atoms with van der Waals surface area (Å²) in [5, 5.41) is 17.4. The van der Waals surface area contributed by atoms with E-state index in [1.54, 1.807) is 0 Å². The molecular formula is C34H26N6O12S4. The van der Waals surface area contributed by atoms with Crippen LogP contribution in [0.5, 0.6) is 0 Å². The molecule has 22 heteroatoms. The third-order valence-electron chi connectivity index (χ3n) is 8.13. The largest absolute Gasteiger partial charge is 0.398 e. The number of nitrogens with two attached hydrogens (primary N) is 2. The summed E-state index contributed by atoms with van der Waals surface area (Å²) in [7, 11) is -19.0. The number of azo groups is 2. The Morgan fingerprint density at radius 2 is 0.786 bits per heavy atom. The van der Waals surface area contributed by atoms with Crippen LogP contribution in [0.15, 0.2) is 137 Å². The minimum Gasteiger partial charge on any atom is -0.398 e. The van der Waals surface area contributed by atoms with Gasteiger partial charge in [0.1, 0.15) is 9.79 Å². The standard InChI is InChI=1S/C34H26N6O12S4/c35-29-11-13-31(27-17-23(53(41,42)43)7-9-25(27)29)39-37-21-5-3-19(33(15-21)55(47,48)49)1-2-20-4-6-22(16-34(20)56(50,51)52)38-40-32-14-12-30(36)26-10-8-24(18-28(26)32)54(44,45)46/h1-18H,35-36H2,(H,41,42,43)(H,44,45,46)(H,47,48,49)(H,50,51,52)/b2-1-,39-37?,40-38?. The van der Waals surface area contributed by atoms with Crippen LogP contribution in [0, 0.1) is 0 Å². The topological polar surface area (TPSA) is 319 Å². The van der Waals surface area contributed by atoms with E-state index in [1.807, 2.05) is 0 Å². The fraction of sp³-hybridized carbons (Fsp3) is 0. The van der Waals surface area contributed by atoms with Crippen molar-refractivity contribution in [3.63, 3.8) is 0 Å². The highest BCUT2D eigenvalue weighted by molar-refractivity contribution is 7.86. The number of nitrogen functional groups attached to an aromatic ring is 2. The van der Waals surface area contributed by atoms with Gasteiger partial charge in [0.05, 0.1) is 32.5 Å². The molecule has 0 saturated heterocycles. The minimum atomic E-state index is -4.93. The third-order valence-corrected chi connectivity index (χ3v) is 11.7. The molecular weight excluding hydrogens is 813 g/mol. The zero-order chi connectivity index (χ0) is 40.8. The predicted octanol–water partition coefficient (Wildman–Crippen LogP) is 7.15. The minimum absolute atomic E-state index is 0.0814. The van der Waals surface area contributed by atoms with Crippen LogP contribution >= 0.6 is 0 Å². The molecule has 6 aromatic carbocycles. The molecule has 0 saturated carbocycles. The van der Waals surface area contributed by atoms with Gasteiger partial charge in [-0.1, -0.05) is 36.4 Å². The Labute approximate surface area is 318 Å². The van der Waals surface area contributed by atoms with E-state index < -0.39 is 60.1 Å². The SMILES string of the molecule is Nc1ccc(N=Nc2ccc(/C=C\c3ccc(N=Nc4ccc(N)c5ccc(S(=O)(=O)O)cc45)cc3S(=O)(=O)O)c(S(=O)(=O)O)c2)c2cc(S(=O)(=O)O)ccc12. The first-order valence-electron chi connectivity index (χ1n) is 15.4. The molecule has 0 unspecified atom stereocenters. The first kappa shape index (κ1) is 39.7.